The molecule has 11 heteroatoms. The van der Waals surface area contributed by atoms with Crippen LogP contribution in [0.25, 0.3) is 10.9 Å². The molecule has 0 saturated carbocycles. The average Bonchev–Trinajstić information content (AvgIpc) is 2.78. The van der Waals surface area contributed by atoms with Crippen molar-refractivity contribution < 1.29 is 9.72 Å². The molecular formula is C19H13N7O3S. The van der Waals surface area contributed by atoms with Crippen molar-refractivity contribution in [3.63, 3.8) is 0 Å². The highest BCUT2D eigenvalue weighted by Gasteiger charge is 2.25. The maximum absolute atomic E-state index is 12.2. The molecule has 0 atom stereocenters. The number of hydrogen-bond donors (Lipinski definition) is 2. The Labute approximate surface area is 173 Å². The number of anilines is 1. The number of fused-ring (bicyclic) bond motifs is 1. The van der Waals surface area contributed by atoms with Crippen LogP contribution in [0, 0.1) is 10.1 Å². The summed E-state index contributed by atoms with van der Waals surface area (Å²) in [4.78, 5) is 40.2. The zero-order chi connectivity index (χ0) is 20.9. The lowest BCUT2D eigenvalue weighted by Gasteiger charge is -2.10. The van der Waals surface area contributed by atoms with E-state index in [0.717, 1.165) is 17.1 Å². The van der Waals surface area contributed by atoms with Crippen LogP contribution in [0.5, 0.6) is 0 Å². The smallest absolute Gasteiger partial charge is 0.276 e. The highest BCUT2D eigenvalue weighted by molar-refractivity contribution is 7.99. The van der Waals surface area contributed by atoms with Crippen molar-refractivity contribution in [2.24, 2.45) is 0 Å². The summed E-state index contributed by atoms with van der Waals surface area (Å²) in [6.45, 7) is 0. The molecule has 4 aromatic rings. The Kier molecular flexibility index (Phi) is 5.44. The van der Waals surface area contributed by atoms with Gasteiger partial charge in [0.15, 0.2) is 5.03 Å². The number of hydrazine groups is 1. The second kappa shape index (κ2) is 8.49. The first kappa shape index (κ1) is 19.2. The van der Waals surface area contributed by atoms with Crippen LogP contribution >= 0.6 is 11.8 Å². The first-order valence-electron chi connectivity index (χ1n) is 8.61. The van der Waals surface area contributed by atoms with E-state index in [0.29, 0.717) is 10.4 Å². The minimum absolute atomic E-state index is 0.117. The van der Waals surface area contributed by atoms with Gasteiger partial charge < -0.3 is 0 Å². The number of para-hydroxylation sites is 1. The van der Waals surface area contributed by atoms with E-state index in [1.54, 1.807) is 18.3 Å². The van der Waals surface area contributed by atoms with Gasteiger partial charge in [0, 0.05) is 28.9 Å². The number of nitrogens with one attached hydrogen (secondary N) is 2. The molecule has 0 radical (unpaired) electrons. The lowest BCUT2D eigenvalue weighted by atomic mass is 10.2. The molecule has 3 heterocycles. The third kappa shape index (κ3) is 4.00. The number of nitro groups is 1. The van der Waals surface area contributed by atoms with E-state index >= 15 is 0 Å². The summed E-state index contributed by atoms with van der Waals surface area (Å²) in [7, 11) is 0. The number of amides is 1. The molecule has 0 fully saturated rings. The Morgan fingerprint density at radius 1 is 1.03 bits per heavy atom. The molecule has 1 aromatic carbocycles. The number of hydrogen-bond acceptors (Lipinski definition) is 9. The van der Waals surface area contributed by atoms with E-state index in [-0.39, 0.29) is 22.1 Å². The SMILES string of the molecule is O=C(NNc1ncnc(Sc2cccc3cccnc23)c1[N+](=O)[O-])c1cccnc1. The molecule has 0 aliphatic rings. The molecule has 0 bridgehead atoms. The maximum Gasteiger partial charge on any atom is 0.345 e. The summed E-state index contributed by atoms with van der Waals surface area (Å²) in [5.74, 6) is -0.647. The van der Waals surface area contributed by atoms with Crippen molar-refractivity contribution >= 4 is 40.1 Å². The molecule has 4 rings (SSSR count). The molecule has 3 aromatic heterocycles. The molecular weight excluding hydrogens is 406 g/mol. The fourth-order valence-corrected chi connectivity index (χ4v) is 3.63. The van der Waals surface area contributed by atoms with Crippen molar-refractivity contribution in [3.05, 3.63) is 83.1 Å². The first-order chi connectivity index (χ1) is 14.6. The molecule has 0 saturated heterocycles. The quantitative estimate of drug-likeness (QED) is 0.274. The fourth-order valence-electron chi connectivity index (χ4n) is 2.64. The van der Waals surface area contributed by atoms with Gasteiger partial charge in [-0.1, -0.05) is 30.0 Å². The molecule has 0 spiro atoms. The van der Waals surface area contributed by atoms with Crippen LogP contribution in [0.3, 0.4) is 0 Å². The van der Waals surface area contributed by atoms with E-state index < -0.39 is 10.8 Å². The predicted molar refractivity (Wildman–Crippen MR) is 110 cm³/mol. The lowest BCUT2D eigenvalue weighted by Crippen LogP contribution is -2.30. The number of carbonyl (C=O) groups excluding carboxylic acids is 1. The minimum atomic E-state index is -0.598. The standard InChI is InChI=1S/C19H13N7O3S/c27-18(13-6-2-8-20-10-13)25-24-17-16(26(28)29)19(23-11-22-17)30-14-7-1-4-12-5-3-9-21-15(12)14/h1-11H,(H,25,27)(H,22,23,24). The Hall–Kier alpha value is -4.12. The topological polar surface area (TPSA) is 136 Å². The number of pyridine rings is 2. The fraction of sp³-hybridized carbons (Fsp3) is 0. The van der Waals surface area contributed by atoms with Gasteiger partial charge in [-0.15, -0.1) is 0 Å². The highest BCUT2D eigenvalue weighted by atomic mass is 32.2. The van der Waals surface area contributed by atoms with Crippen LogP contribution in [0.1, 0.15) is 10.4 Å². The second-order valence-corrected chi connectivity index (χ2v) is 6.92. The van der Waals surface area contributed by atoms with E-state index in [1.807, 2.05) is 30.3 Å². The third-order valence-electron chi connectivity index (χ3n) is 3.99. The number of rotatable bonds is 6. The van der Waals surface area contributed by atoms with Gasteiger partial charge in [-0.25, -0.2) is 9.97 Å². The van der Waals surface area contributed by atoms with Crippen molar-refractivity contribution in [1.82, 2.24) is 25.4 Å². The minimum Gasteiger partial charge on any atom is -0.276 e. The van der Waals surface area contributed by atoms with E-state index in [9.17, 15) is 14.9 Å². The molecule has 30 heavy (non-hydrogen) atoms. The van der Waals surface area contributed by atoms with Gasteiger partial charge in [-0.05, 0) is 24.3 Å². The number of carbonyl (C=O) groups is 1. The van der Waals surface area contributed by atoms with Gasteiger partial charge in [-0.2, -0.15) is 0 Å². The second-order valence-electron chi connectivity index (χ2n) is 5.89. The van der Waals surface area contributed by atoms with Crippen molar-refractivity contribution in [3.8, 4) is 0 Å². The van der Waals surface area contributed by atoms with Crippen LogP contribution in [0.4, 0.5) is 11.5 Å². The Morgan fingerprint density at radius 3 is 2.67 bits per heavy atom. The van der Waals surface area contributed by atoms with Crippen LogP contribution < -0.4 is 10.9 Å². The summed E-state index contributed by atoms with van der Waals surface area (Å²) >= 11 is 1.10. The molecule has 1 amide bonds. The Morgan fingerprint density at radius 2 is 1.87 bits per heavy atom. The Balaban J connectivity index is 1.63. The highest BCUT2D eigenvalue weighted by Crippen LogP contribution is 2.38. The lowest BCUT2D eigenvalue weighted by molar-refractivity contribution is -0.387. The summed E-state index contributed by atoms with van der Waals surface area (Å²) < 4.78 is 0. The number of aromatic nitrogens is 4. The molecule has 0 aliphatic heterocycles. The van der Waals surface area contributed by atoms with Crippen molar-refractivity contribution in [1.29, 1.82) is 0 Å². The largest absolute Gasteiger partial charge is 0.345 e. The normalized spacial score (nSPS) is 10.5. The van der Waals surface area contributed by atoms with E-state index in [4.69, 9.17) is 0 Å². The molecule has 10 nitrogen and oxygen atoms in total. The van der Waals surface area contributed by atoms with Gasteiger partial charge in [0.25, 0.3) is 5.91 Å². The summed E-state index contributed by atoms with van der Waals surface area (Å²) in [6, 6.07) is 12.4. The summed E-state index contributed by atoms with van der Waals surface area (Å²) in [5.41, 5.74) is 5.53. The van der Waals surface area contributed by atoms with Crippen LogP contribution in [-0.2, 0) is 0 Å². The molecule has 148 valence electrons. The van der Waals surface area contributed by atoms with Gasteiger partial charge in [0.1, 0.15) is 6.33 Å². The molecule has 0 aliphatic carbocycles. The maximum atomic E-state index is 12.2. The first-order valence-corrected chi connectivity index (χ1v) is 9.42. The van der Waals surface area contributed by atoms with E-state index in [2.05, 4.69) is 30.8 Å². The predicted octanol–water partition coefficient (Wildman–Crippen LogP) is 3.24. The van der Waals surface area contributed by atoms with E-state index in [1.165, 1.54) is 18.7 Å². The zero-order valence-electron chi connectivity index (χ0n) is 15.2. The Bertz CT molecular complexity index is 1230. The molecule has 2 N–H and O–H groups in total. The molecule has 0 unspecified atom stereocenters. The summed E-state index contributed by atoms with van der Waals surface area (Å²) in [5, 5.41) is 12.8. The van der Waals surface area contributed by atoms with Gasteiger partial charge in [0.2, 0.25) is 5.82 Å². The van der Waals surface area contributed by atoms with Gasteiger partial charge >= 0.3 is 5.69 Å². The zero-order valence-corrected chi connectivity index (χ0v) is 16.0. The van der Waals surface area contributed by atoms with Gasteiger partial charge in [0.05, 0.1) is 16.0 Å². The van der Waals surface area contributed by atoms with Crippen molar-refractivity contribution in [2.45, 2.75) is 9.92 Å². The third-order valence-corrected chi connectivity index (χ3v) is 5.03. The van der Waals surface area contributed by atoms with Crippen LogP contribution in [-0.4, -0.2) is 30.8 Å². The van der Waals surface area contributed by atoms with Crippen LogP contribution in [0.15, 0.2) is 77.3 Å². The summed E-state index contributed by atoms with van der Waals surface area (Å²) in [6.07, 6.45) is 5.75. The van der Waals surface area contributed by atoms with Crippen molar-refractivity contribution in [2.75, 3.05) is 5.43 Å². The van der Waals surface area contributed by atoms with Crippen LogP contribution in [0.2, 0.25) is 0 Å². The number of nitrogens with zero attached hydrogens (tertiary/aromatic N) is 5. The average molecular weight is 419 g/mol. The van der Waals surface area contributed by atoms with Gasteiger partial charge in [-0.3, -0.25) is 35.7 Å². The monoisotopic (exact) mass is 419 g/mol. The number of benzene rings is 1.